The van der Waals surface area contributed by atoms with Crippen LogP contribution in [0.4, 0.5) is 5.82 Å². The summed E-state index contributed by atoms with van der Waals surface area (Å²) in [5.41, 5.74) is 1.62. The summed E-state index contributed by atoms with van der Waals surface area (Å²) >= 11 is 0. The van der Waals surface area contributed by atoms with Crippen molar-refractivity contribution in [3.63, 3.8) is 0 Å². The number of rotatable bonds is 6. The van der Waals surface area contributed by atoms with Crippen LogP contribution in [0.15, 0.2) is 54.6 Å². The maximum atomic E-state index is 12.8. The molecule has 30 heavy (non-hydrogen) atoms. The number of anilines is 1. The topological polar surface area (TPSA) is 99.5 Å². The van der Waals surface area contributed by atoms with Crippen LogP contribution in [-0.4, -0.2) is 37.3 Å². The van der Waals surface area contributed by atoms with Crippen molar-refractivity contribution in [2.24, 2.45) is 0 Å². The number of nitrogens with zero attached hydrogens (tertiary/aromatic N) is 2. The average molecular weight is 427 g/mol. The minimum absolute atomic E-state index is 0.148. The molecule has 0 saturated heterocycles. The predicted octanol–water partition coefficient (Wildman–Crippen LogP) is 2.72. The number of carbonyl (C=O) groups excluding carboxylic acids is 1. The van der Waals surface area contributed by atoms with Gasteiger partial charge < -0.3 is 14.8 Å². The van der Waals surface area contributed by atoms with Crippen molar-refractivity contribution in [3.05, 3.63) is 65.9 Å². The fourth-order valence-electron chi connectivity index (χ4n) is 3.26. The Bertz CT molecular complexity index is 1170. The number of carbonyl (C=O) groups is 1. The lowest BCUT2D eigenvalue weighted by Crippen LogP contribution is -2.31. The zero-order valence-corrected chi connectivity index (χ0v) is 17.3. The largest absolute Gasteiger partial charge is 0.497 e. The van der Waals surface area contributed by atoms with E-state index >= 15 is 0 Å². The molecule has 9 heteroatoms. The molecule has 0 bridgehead atoms. The molecule has 1 atom stereocenters. The van der Waals surface area contributed by atoms with E-state index in [-0.39, 0.29) is 11.5 Å². The van der Waals surface area contributed by atoms with Crippen LogP contribution in [0.25, 0.3) is 5.69 Å². The number of methoxy groups -OCH3 is 1. The molecule has 156 valence electrons. The second-order valence-electron chi connectivity index (χ2n) is 6.98. The summed E-state index contributed by atoms with van der Waals surface area (Å²) in [4.78, 5) is 12.8. The third kappa shape index (κ3) is 4.02. The first-order valence-electron chi connectivity index (χ1n) is 9.34. The van der Waals surface area contributed by atoms with Gasteiger partial charge in [-0.2, -0.15) is 5.10 Å². The Hall–Kier alpha value is -3.33. The van der Waals surface area contributed by atoms with Gasteiger partial charge >= 0.3 is 0 Å². The van der Waals surface area contributed by atoms with E-state index in [4.69, 9.17) is 9.47 Å². The third-order valence-corrected chi connectivity index (χ3v) is 6.21. The highest BCUT2D eigenvalue weighted by Crippen LogP contribution is 2.33. The van der Waals surface area contributed by atoms with Crippen molar-refractivity contribution in [3.8, 4) is 17.2 Å². The van der Waals surface area contributed by atoms with Crippen molar-refractivity contribution in [1.82, 2.24) is 9.78 Å². The first-order valence-corrected chi connectivity index (χ1v) is 11.2. The van der Waals surface area contributed by atoms with Gasteiger partial charge in [0, 0.05) is 5.56 Å². The fraction of sp³-hybridized carbons (Fsp3) is 0.238. The number of ether oxygens (including phenoxy) is 2. The Morgan fingerprint density at radius 2 is 1.77 bits per heavy atom. The number of hydrogen-bond acceptors (Lipinski definition) is 6. The molecule has 0 unspecified atom stereocenters. The van der Waals surface area contributed by atoms with E-state index in [2.05, 4.69) is 10.4 Å². The molecular weight excluding hydrogens is 406 g/mol. The van der Waals surface area contributed by atoms with Gasteiger partial charge in [-0.1, -0.05) is 18.2 Å². The molecule has 1 amide bonds. The molecule has 0 spiro atoms. The third-order valence-electron chi connectivity index (χ3n) is 4.77. The number of aromatic nitrogens is 2. The summed E-state index contributed by atoms with van der Waals surface area (Å²) in [6, 6.07) is 16.1. The van der Waals surface area contributed by atoms with Gasteiger partial charge in [-0.3, -0.25) is 4.79 Å². The summed E-state index contributed by atoms with van der Waals surface area (Å²) in [7, 11) is -1.71. The van der Waals surface area contributed by atoms with Crippen molar-refractivity contribution >= 4 is 21.6 Å². The Morgan fingerprint density at radius 1 is 1.07 bits per heavy atom. The molecular formula is C21H21N3O5S. The van der Waals surface area contributed by atoms with E-state index < -0.39 is 21.8 Å². The van der Waals surface area contributed by atoms with Crippen LogP contribution < -0.4 is 14.8 Å². The SMILES string of the molecule is COc1ccc(-n2nc3c(c2NC(=O)[C@H](C)Oc2ccccc2)CS(=O)(=O)C3)cc1. The maximum absolute atomic E-state index is 12.8. The highest BCUT2D eigenvalue weighted by atomic mass is 32.2. The van der Waals surface area contributed by atoms with Crippen LogP contribution in [0.2, 0.25) is 0 Å². The van der Waals surface area contributed by atoms with E-state index in [1.165, 1.54) is 0 Å². The molecule has 2 aromatic carbocycles. The van der Waals surface area contributed by atoms with Gasteiger partial charge in [0.1, 0.15) is 17.3 Å². The number of nitrogens with one attached hydrogen (secondary N) is 1. The molecule has 1 aromatic heterocycles. The molecule has 0 fully saturated rings. The summed E-state index contributed by atoms with van der Waals surface area (Å²) in [6.07, 6.45) is -0.791. The van der Waals surface area contributed by atoms with E-state index in [1.807, 2.05) is 18.2 Å². The lowest BCUT2D eigenvalue weighted by atomic mass is 10.2. The van der Waals surface area contributed by atoms with Gasteiger partial charge in [-0.15, -0.1) is 0 Å². The van der Waals surface area contributed by atoms with Crippen LogP contribution in [0.3, 0.4) is 0 Å². The summed E-state index contributed by atoms with van der Waals surface area (Å²) in [5, 5.41) is 7.27. The smallest absolute Gasteiger partial charge is 0.266 e. The van der Waals surface area contributed by atoms with Crippen LogP contribution in [0.5, 0.6) is 11.5 Å². The molecule has 0 saturated carbocycles. The Balaban J connectivity index is 1.64. The van der Waals surface area contributed by atoms with E-state index in [0.717, 1.165) is 0 Å². The monoisotopic (exact) mass is 427 g/mol. The van der Waals surface area contributed by atoms with E-state index in [1.54, 1.807) is 55.1 Å². The average Bonchev–Trinajstić information content (AvgIpc) is 3.21. The van der Waals surface area contributed by atoms with Gasteiger partial charge in [0.15, 0.2) is 15.9 Å². The molecule has 0 radical (unpaired) electrons. The molecule has 1 N–H and O–H groups in total. The fourth-order valence-corrected chi connectivity index (χ4v) is 4.75. The van der Waals surface area contributed by atoms with Crippen LogP contribution in [0, 0.1) is 0 Å². The molecule has 2 heterocycles. The van der Waals surface area contributed by atoms with Crippen molar-refractivity contribution in [2.45, 2.75) is 24.5 Å². The van der Waals surface area contributed by atoms with Crippen LogP contribution >= 0.6 is 0 Å². The normalized spacial score (nSPS) is 15.3. The standard InChI is InChI=1S/C21H21N3O5S/c1-14(29-17-6-4-3-5-7-17)21(25)22-20-18-12-30(26,27)13-19(18)23-24(20)15-8-10-16(28-2)11-9-15/h3-11,14H,12-13H2,1-2H3,(H,22,25)/t14-/m0/s1. The number of benzene rings is 2. The molecule has 3 aromatic rings. The van der Waals surface area contributed by atoms with Gasteiger partial charge in [0.05, 0.1) is 30.0 Å². The van der Waals surface area contributed by atoms with Crippen molar-refractivity contribution < 1.29 is 22.7 Å². The Labute approximate surface area is 174 Å². The number of hydrogen-bond donors (Lipinski definition) is 1. The number of amides is 1. The highest BCUT2D eigenvalue weighted by molar-refractivity contribution is 7.90. The number of fused-ring (bicyclic) bond motifs is 1. The molecule has 4 rings (SSSR count). The van der Waals surface area contributed by atoms with Gasteiger partial charge in [-0.05, 0) is 43.3 Å². The number of sulfone groups is 1. The summed E-state index contributed by atoms with van der Waals surface area (Å²) < 4.78 is 36.6. The predicted molar refractivity (Wildman–Crippen MR) is 112 cm³/mol. The quantitative estimate of drug-likeness (QED) is 0.649. The second-order valence-corrected chi connectivity index (χ2v) is 9.04. The zero-order valence-electron chi connectivity index (χ0n) is 16.5. The maximum Gasteiger partial charge on any atom is 0.266 e. The molecule has 0 aliphatic carbocycles. The van der Waals surface area contributed by atoms with E-state index in [9.17, 15) is 13.2 Å². The first-order chi connectivity index (χ1) is 14.4. The van der Waals surface area contributed by atoms with Crippen molar-refractivity contribution in [1.29, 1.82) is 0 Å². The minimum atomic E-state index is -3.28. The second kappa shape index (κ2) is 7.83. The van der Waals surface area contributed by atoms with Gasteiger partial charge in [0.25, 0.3) is 5.91 Å². The summed E-state index contributed by atoms with van der Waals surface area (Å²) in [6.45, 7) is 1.63. The molecule has 8 nitrogen and oxygen atoms in total. The highest BCUT2D eigenvalue weighted by Gasteiger charge is 2.33. The minimum Gasteiger partial charge on any atom is -0.497 e. The van der Waals surface area contributed by atoms with Crippen LogP contribution in [0.1, 0.15) is 18.2 Å². The Morgan fingerprint density at radius 3 is 2.43 bits per heavy atom. The van der Waals surface area contributed by atoms with Crippen molar-refractivity contribution in [2.75, 3.05) is 12.4 Å². The van der Waals surface area contributed by atoms with E-state index in [0.29, 0.717) is 34.3 Å². The first kappa shape index (κ1) is 20.0. The molecule has 1 aliphatic heterocycles. The lowest BCUT2D eigenvalue weighted by molar-refractivity contribution is -0.122. The van der Waals surface area contributed by atoms with Gasteiger partial charge in [0.2, 0.25) is 0 Å². The molecule has 1 aliphatic rings. The van der Waals surface area contributed by atoms with Crippen LogP contribution in [-0.2, 0) is 26.1 Å². The zero-order chi connectivity index (χ0) is 21.3. The van der Waals surface area contributed by atoms with Gasteiger partial charge in [-0.25, -0.2) is 13.1 Å². The summed E-state index contributed by atoms with van der Waals surface area (Å²) in [5.74, 6) is 0.866. The Kier molecular flexibility index (Phi) is 5.21. The number of para-hydroxylation sites is 1. The lowest BCUT2D eigenvalue weighted by Gasteiger charge is -2.16.